The topological polar surface area (TPSA) is 48.1 Å². The predicted molar refractivity (Wildman–Crippen MR) is 139 cm³/mol. The van der Waals surface area contributed by atoms with Gasteiger partial charge >= 0.3 is 6.18 Å². The minimum absolute atomic E-state index is 0.554. The largest absolute Gasteiger partial charge is 0.414 e. The van der Waals surface area contributed by atoms with E-state index in [4.69, 9.17) is 0 Å². The molecule has 0 saturated heterocycles. The number of ether oxygens (including phenoxy) is 1. The van der Waals surface area contributed by atoms with Crippen LogP contribution in [0.2, 0.25) is 0 Å². The zero-order chi connectivity index (χ0) is 26.7. The molecule has 0 radical (unpaired) electrons. The van der Waals surface area contributed by atoms with Crippen molar-refractivity contribution in [1.29, 1.82) is 0 Å². The van der Waals surface area contributed by atoms with Crippen molar-refractivity contribution in [2.75, 3.05) is 14.2 Å². The molecule has 3 aromatic rings. The van der Waals surface area contributed by atoms with E-state index >= 15 is 0 Å². The maximum atomic E-state index is 11.3. The minimum atomic E-state index is -4.21. The molecule has 1 unspecified atom stereocenters. The second kappa shape index (κ2) is 18.2. The molecule has 0 spiro atoms. The number of aromatic nitrogens is 1. The number of benzene rings is 2. The zero-order valence-corrected chi connectivity index (χ0v) is 21.0. The molecule has 2 aromatic carbocycles. The summed E-state index contributed by atoms with van der Waals surface area (Å²) in [6.07, 6.45) is 9.76. The van der Waals surface area contributed by atoms with Crippen LogP contribution < -0.4 is 5.73 Å². The fourth-order valence-corrected chi connectivity index (χ4v) is 3.35. The van der Waals surface area contributed by atoms with Crippen molar-refractivity contribution in [1.82, 2.24) is 4.98 Å². The summed E-state index contributed by atoms with van der Waals surface area (Å²) in [7, 11) is 2.53. The van der Waals surface area contributed by atoms with Crippen molar-refractivity contribution >= 4 is 0 Å². The number of terminal acetylenes is 1. The number of nitrogens with two attached hydrogens (primary N) is 1. The van der Waals surface area contributed by atoms with Crippen LogP contribution in [-0.2, 0) is 11.2 Å². The Labute approximate surface area is 208 Å². The smallest absolute Gasteiger partial charge is 0.372 e. The molecule has 2 atom stereocenters. The summed E-state index contributed by atoms with van der Waals surface area (Å²) in [6, 6.07) is 23.3. The second-order valence-corrected chi connectivity index (χ2v) is 7.50. The van der Waals surface area contributed by atoms with E-state index in [0.717, 1.165) is 14.0 Å². The first-order valence-corrected chi connectivity index (χ1v) is 11.3. The molecule has 0 amide bonds. The van der Waals surface area contributed by atoms with Gasteiger partial charge in [0.25, 0.3) is 0 Å². The highest BCUT2D eigenvalue weighted by Crippen LogP contribution is 2.35. The van der Waals surface area contributed by atoms with Crippen LogP contribution in [0.1, 0.15) is 47.9 Å². The number of nitrogens with zero attached hydrogens (tertiary/aromatic N) is 1. The van der Waals surface area contributed by atoms with Gasteiger partial charge in [0.2, 0.25) is 0 Å². The van der Waals surface area contributed by atoms with Gasteiger partial charge in [-0.25, -0.2) is 0 Å². The second-order valence-electron chi connectivity index (χ2n) is 7.50. The number of hydrogen-bond acceptors (Lipinski definition) is 3. The molecule has 3 nitrogen and oxygen atoms in total. The molecular weight excluding hydrogens is 449 g/mol. The molecule has 1 aliphatic rings. The number of aryl methyl sites for hydroxylation is 2. The number of fused-ring (bicyclic) bond motifs is 1. The van der Waals surface area contributed by atoms with Crippen molar-refractivity contribution < 1.29 is 17.9 Å². The summed E-state index contributed by atoms with van der Waals surface area (Å²) in [5.74, 6) is 0.554. The zero-order valence-electron chi connectivity index (χ0n) is 21.0. The van der Waals surface area contributed by atoms with E-state index in [1.54, 1.807) is 0 Å². The third kappa shape index (κ3) is 12.2. The summed E-state index contributed by atoms with van der Waals surface area (Å²) in [5, 5.41) is 0. The first-order chi connectivity index (χ1) is 16.8. The van der Waals surface area contributed by atoms with Gasteiger partial charge < -0.3 is 10.5 Å². The Kier molecular flexibility index (Phi) is 16.6. The number of alkyl halides is 3. The summed E-state index contributed by atoms with van der Waals surface area (Å²) < 4.78 is 38.0. The van der Waals surface area contributed by atoms with Crippen LogP contribution in [0.3, 0.4) is 0 Å². The molecule has 0 bridgehead atoms. The summed E-state index contributed by atoms with van der Waals surface area (Å²) in [6.45, 7) is 3.04. The summed E-state index contributed by atoms with van der Waals surface area (Å²) in [4.78, 5) is 4.23. The van der Waals surface area contributed by atoms with Gasteiger partial charge in [-0.05, 0) is 62.9 Å². The van der Waals surface area contributed by atoms with Gasteiger partial charge in [-0.3, -0.25) is 4.98 Å². The Morgan fingerprint density at radius 3 is 2.03 bits per heavy atom. The highest BCUT2D eigenvalue weighted by molar-refractivity contribution is 5.38. The Morgan fingerprint density at radius 2 is 1.57 bits per heavy atom. The summed E-state index contributed by atoms with van der Waals surface area (Å²) >= 11 is 0. The van der Waals surface area contributed by atoms with Crippen LogP contribution >= 0.6 is 0 Å². The molecule has 4 rings (SSSR count). The van der Waals surface area contributed by atoms with Gasteiger partial charge in [0, 0.05) is 25.4 Å². The third-order valence-corrected chi connectivity index (χ3v) is 5.21. The number of pyridine rings is 1. The van der Waals surface area contributed by atoms with Crippen LogP contribution in [0.5, 0.6) is 0 Å². The van der Waals surface area contributed by atoms with E-state index in [-0.39, 0.29) is 0 Å². The Bertz CT molecular complexity index is 929. The SMILES string of the molecule is C#C.CN.COC(C)C(F)(F)F.Cc1ccccc1.c1cncc([C@@H]2CCCc3ccccc32)c1. The molecule has 2 N–H and O–H groups in total. The van der Waals surface area contributed by atoms with E-state index in [1.807, 2.05) is 36.7 Å². The maximum Gasteiger partial charge on any atom is 0.414 e. The lowest BCUT2D eigenvalue weighted by Crippen LogP contribution is -2.26. The Morgan fingerprint density at radius 1 is 0.971 bits per heavy atom. The standard InChI is InChI=1S/C15H15N.C7H8.C4H7F3O.C2H2.CH5N/c1-2-8-14-12(5-1)6-3-9-15(14)13-7-4-10-16-11-13;1-7-5-3-2-4-6-7;1-3(8-2)4(5,6)7;2*1-2/h1-2,4-5,7-8,10-11,15H,3,6,9H2;2-6H,1H3;3H,1-2H3;1-2H;2H2,1H3/t15-;;;;/m0..../s1. The molecular formula is C29H37F3N2O. The molecule has 1 aliphatic carbocycles. The van der Waals surface area contributed by atoms with Crippen LogP contribution in [0.25, 0.3) is 0 Å². The fraction of sp³-hybridized carbons (Fsp3) is 0.345. The number of rotatable bonds is 2. The van der Waals surface area contributed by atoms with Crippen molar-refractivity contribution in [3.8, 4) is 12.8 Å². The lowest BCUT2D eigenvalue weighted by Gasteiger charge is -2.25. The number of methoxy groups -OCH3 is 1. The van der Waals surface area contributed by atoms with Crippen LogP contribution in [0.15, 0.2) is 79.1 Å². The molecule has 0 saturated carbocycles. The first kappa shape index (κ1) is 31.9. The highest BCUT2D eigenvalue weighted by atomic mass is 19.4. The van der Waals surface area contributed by atoms with Gasteiger partial charge in [0.15, 0.2) is 0 Å². The average Bonchev–Trinajstić information content (AvgIpc) is 2.91. The van der Waals surface area contributed by atoms with Crippen molar-refractivity contribution in [2.45, 2.75) is 51.3 Å². The molecule has 0 fully saturated rings. The number of hydrogen-bond donors (Lipinski definition) is 1. The lowest BCUT2D eigenvalue weighted by atomic mass is 9.79. The van der Waals surface area contributed by atoms with Crippen LogP contribution in [0.4, 0.5) is 13.2 Å². The molecule has 35 heavy (non-hydrogen) atoms. The normalized spacial score (nSPS) is 14.4. The van der Waals surface area contributed by atoms with Crippen molar-refractivity contribution in [3.63, 3.8) is 0 Å². The van der Waals surface area contributed by atoms with Gasteiger partial charge in [-0.1, -0.05) is 66.2 Å². The predicted octanol–water partition coefficient (Wildman–Crippen LogP) is 6.95. The van der Waals surface area contributed by atoms with Gasteiger partial charge in [-0.2, -0.15) is 13.2 Å². The molecule has 6 heteroatoms. The number of halogens is 3. The lowest BCUT2D eigenvalue weighted by molar-refractivity contribution is -0.206. The Balaban J connectivity index is 0.000000516. The Hall–Kier alpha value is -3.14. The van der Waals surface area contributed by atoms with Gasteiger partial charge in [-0.15, -0.1) is 12.8 Å². The van der Waals surface area contributed by atoms with Crippen molar-refractivity contribution in [3.05, 3.63) is 101 Å². The molecule has 1 heterocycles. The molecule has 0 aliphatic heterocycles. The van der Waals surface area contributed by atoms with E-state index in [2.05, 4.69) is 77.7 Å². The third-order valence-electron chi connectivity index (χ3n) is 5.21. The van der Waals surface area contributed by atoms with E-state index < -0.39 is 12.3 Å². The monoisotopic (exact) mass is 486 g/mol. The quantitative estimate of drug-likeness (QED) is 0.399. The molecule has 190 valence electrons. The first-order valence-electron chi connectivity index (χ1n) is 11.3. The fourth-order valence-electron chi connectivity index (χ4n) is 3.35. The maximum absolute atomic E-state index is 11.3. The van der Waals surface area contributed by atoms with Crippen LogP contribution in [-0.4, -0.2) is 31.4 Å². The minimum Gasteiger partial charge on any atom is -0.372 e. The van der Waals surface area contributed by atoms with Gasteiger partial charge in [0.05, 0.1) is 0 Å². The van der Waals surface area contributed by atoms with Crippen LogP contribution in [0, 0.1) is 19.8 Å². The van der Waals surface area contributed by atoms with E-state index in [1.165, 1.54) is 48.6 Å². The average molecular weight is 487 g/mol. The summed E-state index contributed by atoms with van der Waals surface area (Å²) in [5.41, 5.74) is 10.2. The molecule has 1 aromatic heterocycles. The van der Waals surface area contributed by atoms with E-state index in [0.29, 0.717) is 5.92 Å². The van der Waals surface area contributed by atoms with Gasteiger partial charge in [0.1, 0.15) is 6.10 Å². The van der Waals surface area contributed by atoms with E-state index in [9.17, 15) is 13.2 Å². The highest BCUT2D eigenvalue weighted by Gasteiger charge is 2.35. The van der Waals surface area contributed by atoms with Crippen molar-refractivity contribution in [2.24, 2.45) is 5.73 Å².